The van der Waals surface area contributed by atoms with Crippen LogP contribution in [0.4, 0.5) is 10.6 Å². The SMILES string of the molecule is CCCOC(=O)N[C@@H]1CCN(c2cc(=O)n(C)c(=O)[nH]2)C1. The smallest absolute Gasteiger partial charge is 0.407 e. The molecule has 116 valence electrons. The first-order chi connectivity index (χ1) is 10.0. The van der Waals surface area contributed by atoms with Crippen LogP contribution in [0.3, 0.4) is 0 Å². The van der Waals surface area contributed by atoms with Crippen LogP contribution in [0.5, 0.6) is 0 Å². The average molecular weight is 296 g/mol. The van der Waals surface area contributed by atoms with Crippen molar-refractivity contribution < 1.29 is 9.53 Å². The van der Waals surface area contributed by atoms with Crippen LogP contribution >= 0.6 is 0 Å². The quantitative estimate of drug-likeness (QED) is 0.801. The van der Waals surface area contributed by atoms with Crippen molar-refractivity contribution in [3.05, 3.63) is 26.9 Å². The molecule has 1 aliphatic rings. The van der Waals surface area contributed by atoms with Gasteiger partial charge in [0.05, 0.1) is 12.6 Å². The summed E-state index contributed by atoms with van der Waals surface area (Å²) in [7, 11) is 1.42. The number of hydrogen-bond acceptors (Lipinski definition) is 5. The van der Waals surface area contributed by atoms with E-state index in [-0.39, 0.29) is 11.6 Å². The van der Waals surface area contributed by atoms with Gasteiger partial charge in [-0.15, -0.1) is 0 Å². The molecule has 1 amide bonds. The van der Waals surface area contributed by atoms with Gasteiger partial charge in [-0.3, -0.25) is 14.3 Å². The number of ether oxygens (including phenoxy) is 1. The minimum absolute atomic E-state index is 0.0538. The van der Waals surface area contributed by atoms with Gasteiger partial charge in [0.25, 0.3) is 5.56 Å². The lowest BCUT2D eigenvalue weighted by molar-refractivity contribution is 0.143. The second kappa shape index (κ2) is 6.47. The van der Waals surface area contributed by atoms with E-state index in [1.54, 1.807) is 0 Å². The van der Waals surface area contributed by atoms with E-state index in [1.807, 2.05) is 11.8 Å². The summed E-state index contributed by atoms with van der Waals surface area (Å²) >= 11 is 0. The highest BCUT2D eigenvalue weighted by Crippen LogP contribution is 2.15. The molecule has 0 radical (unpaired) electrons. The number of hydrogen-bond donors (Lipinski definition) is 2. The molecule has 1 aliphatic heterocycles. The summed E-state index contributed by atoms with van der Waals surface area (Å²) in [5, 5.41) is 2.78. The van der Waals surface area contributed by atoms with Crippen molar-refractivity contribution >= 4 is 11.9 Å². The molecule has 2 heterocycles. The minimum atomic E-state index is -0.448. The monoisotopic (exact) mass is 296 g/mol. The van der Waals surface area contributed by atoms with Crippen molar-refractivity contribution in [3.63, 3.8) is 0 Å². The fraction of sp³-hybridized carbons (Fsp3) is 0.615. The van der Waals surface area contributed by atoms with Crippen molar-refractivity contribution in [2.24, 2.45) is 7.05 Å². The van der Waals surface area contributed by atoms with Gasteiger partial charge in [0.2, 0.25) is 0 Å². The molecule has 0 unspecified atom stereocenters. The highest BCUT2D eigenvalue weighted by Gasteiger charge is 2.25. The highest BCUT2D eigenvalue weighted by atomic mass is 16.5. The van der Waals surface area contributed by atoms with E-state index in [1.165, 1.54) is 13.1 Å². The second-order valence-electron chi connectivity index (χ2n) is 5.07. The molecule has 0 aliphatic carbocycles. The van der Waals surface area contributed by atoms with E-state index < -0.39 is 11.8 Å². The summed E-state index contributed by atoms with van der Waals surface area (Å²) < 4.78 is 5.98. The number of alkyl carbamates (subject to hydrolysis) is 1. The van der Waals surface area contributed by atoms with Crippen molar-refractivity contribution in [1.82, 2.24) is 14.9 Å². The number of nitrogens with zero attached hydrogens (tertiary/aromatic N) is 2. The number of aromatic amines is 1. The number of carbonyl (C=O) groups is 1. The number of rotatable bonds is 4. The van der Waals surface area contributed by atoms with E-state index in [2.05, 4.69) is 10.3 Å². The molecule has 2 rings (SSSR count). The first-order valence-corrected chi connectivity index (χ1v) is 7.00. The van der Waals surface area contributed by atoms with E-state index in [0.29, 0.717) is 25.5 Å². The first-order valence-electron chi connectivity index (χ1n) is 7.00. The third kappa shape index (κ3) is 3.65. The van der Waals surface area contributed by atoms with Crippen LogP contribution in [-0.2, 0) is 11.8 Å². The first kappa shape index (κ1) is 15.1. The molecule has 0 aromatic carbocycles. The van der Waals surface area contributed by atoms with Crippen molar-refractivity contribution in [1.29, 1.82) is 0 Å². The van der Waals surface area contributed by atoms with Crippen LogP contribution in [0.15, 0.2) is 15.7 Å². The Morgan fingerprint density at radius 1 is 1.52 bits per heavy atom. The largest absolute Gasteiger partial charge is 0.450 e. The van der Waals surface area contributed by atoms with Crippen LogP contribution in [0, 0.1) is 0 Å². The molecule has 0 bridgehead atoms. The molecule has 0 spiro atoms. The summed E-state index contributed by atoms with van der Waals surface area (Å²) in [5.74, 6) is 0.481. The fourth-order valence-corrected chi connectivity index (χ4v) is 2.21. The van der Waals surface area contributed by atoms with Crippen LogP contribution < -0.4 is 21.5 Å². The Hall–Kier alpha value is -2.25. The van der Waals surface area contributed by atoms with Crippen LogP contribution in [-0.4, -0.2) is 41.4 Å². The second-order valence-corrected chi connectivity index (χ2v) is 5.07. The Morgan fingerprint density at radius 3 is 2.95 bits per heavy atom. The van der Waals surface area contributed by atoms with Gasteiger partial charge in [-0.2, -0.15) is 0 Å². The zero-order valence-electron chi connectivity index (χ0n) is 12.2. The van der Waals surface area contributed by atoms with Gasteiger partial charge in [-0.05, 0) is 12.8 Å². The lowest BCUT2D eigenvalue weighted by Gasteiger charge is -2.18. The predicted molar refractivity (Wildman–Crippen MR) is 77.7 cm³/mol. The van der Waals surface area contributed by atoms with Crippen LogP contribution in [0.1, 0.15) is 19.8 Å². The summed E-state index contributed by atoms with van der Waals surface area (Å²) in [6.45, 7) is 3.51. The Labute approximate surface area is 121 Å². The molecule has 21 heavy (non-hydrogen) atoms. The van der Waals surface area contributed by atoms with Crippen LogP contribution in [0.25, 0.3) is 0 Å². The normalized spacial score (nSPS) is 17.8. The summed E-state index contributed by atoms with van der Waals surface area (Å²) in [6.07, 6.45) is 1.08. The van der Waals surface area contributed by atoms with Crippen molar-refractivity contribution in [2.75, 3.05) is 24.6 Å². The Balaban J connectivity index is 1.98. The molecule has 1 saturated heterocycles. The molecule has 1 atom stereocenters. The number of nitrogens with one attached hydrogen (secondary N) is 2. The Kier molecular flexibility index (Phi) is 4.66. The Bertz CT molecular complexity index is 590. The predicted octanol–water partition coefficient (Wildman–Crippen LogP) is -0.211. The third-order valence-electron chi connectivity index (χ3n) is 3.42. The molecule has 2 N–H and O–H groups in total. The lowest BCUT2D eigenvalue weighted by Crippen LogP contribution is -2.39. The minimum Gasteiger partial charge on any atom is -0.450 e. The maximum atomic E-state index is 11.6. The summed E-state index contributed by atoms with van der Waals surface area (Å²) in [4.78, 5) is 39.2. The fourth-order valence-electron chi connectivity index (χ4n) is 2.21. The maximum Gasteiger partial charge on any atom is 0.407 e. The van der Waals surface area contributed by atoms with Gasteiger partial charge >= 0.3 is 11.8 Å². The van der Waals surface area contributed by atoms with E-state index >= 15 is 0 Å². The van der Waals surface area contributed by atoms with E-state index in [9.17, 15) is 14.4 Å². The topological polar surface area (TPSA) is 96.4 Å². The van der Waals surface area contributed by atoms with Gasteiger partial charge in [-0.1, -0.05) is 6.92 Å². The van der Waals surface area contributed by atoms with E-state index in [0.717, 1.165) is 17.4 Å². The van der Waals surface area contributed by atoms with Gasteiger partial charge in [0.1, 0.15) is 5.82 Å². The number of amides is 1. The summed E-state index contributed by atoms with van der Waals surface area (Å²) in [6, 6.07) is 1.33. The molecule has 0 saturated carbocycles. The summed E-state index contributed by atoms with van der Waals surface area (Å²) in [5.41, 5.74) is -0.802. The lowest BCUT2D eigenvalue weighted by atomic mass is 10.3. The van der Waals surface area contributed by atoms with Gasteiger partial charge < -0.3 is 15.0 Å². The zero-order valence-corrected chi connectivity index (χ0v) is 12.2. The zero-order chi connectivity index (χ0) is 15.4. The molecule has 1 aromatic heterocycles. The average Bonchev–Trinajstić information content (AvgIpc) is 2.90. The van der Waals surface area contributed by atoms with Gasteiger partial charge in [0.15, 0.2) is 0 Å². The molecular formula is C13H20N4O4. The molecular weight excluding hydrogens is 276 g/mol. The standard InChI is InChI=1S/C13H20N4O4/c1-3-6-21-13(20)14-9-4-5-17(8-9)10-7-11(18)16(2)12(19)15-10/h7,9H,3-6,8H2,1-2H3,(H,14,20)(H,15,19)/t9-/m1/s1. The van der Waals surface area contributed by atoms with Crippen molar-refractivity contribution in [2.45, 2.75) is 25.8 Å². The molecule has 8 heteroatoms. The number of carbonyl (C=O) groups excluding carboxylic acids is 1. The van der Waals surface area contributed by atoms with Gasteiger partial charge in [0, 0.05) is 26.2 Å². The van der Waals surface area contributed by atoms with Gasteiger partial charge in [-0.25, -0.2) is 9.59 Å². The third-order valence-corrected chi connectivity index (χ3v) is 3.42. The Morgan fingerprint density at radius 2 is 2.29 bits per heavy atom. The van der Waals surface area contributed by atoms with Crippen LogP contribution in [0.2, 0.25) is 0 Å². The molecule has 8 nitrogen and oxygen atoms in total. The van der Waals surface area contributed by atoms with E-state index in [4.69, 9.17) is 4.74 Å². The number of aromatic nitrogens is 2. The molecule has 1 fully saturated rings. The van der Waals surface area contributed by atoms with Crippen molar-refractivity contribution in [3.8, 4) is 0 Å². The highest BCUT2D eigenvalue weighted by molar-refractivity contribution is 5.67. The maximum absolute atomic E-state index is 11.6. The number of H-pyrrole nitrogens is 1. The molecule has 1 aromatic rings. The number of anilines is 1.